The Hall–Kier alpha value is -1.33. The van der Waals surface area contributed by atoms with Crippen molar-refractivity contribution in [1.82, 2.24) is 15.2 Å². The van der Waals surface area contributed by atoms with Gasteiger partial charge in [0.2, 0.25) is 0 Å². The van der Waals surface area contributed by atoms with Crippen molar-refractivity contribution in [3.8, 4) is 0 Å². The van der Waals surface area contributed by atoms with Gasteiger partial charge in [0.25, 0.3) is 5.91 Å². The molecule has 0 spiro atoms. The quantitative estimate of drug-likeness (QED) is 0.798. The van der Waals surface area contributed by atoms with Crippen LogP contribution in [-0.4, -0.2) is 43.0 Å². The van der Waals surface area contributed by atoms with Crippen LogP contribution in [0.25, 0.3) is 10.2 Å². The highest BCUT2D eigenvalue weighted by Gasteiger charge is 2.09. The molecule has 0 aliphatic carbocycles. The lowest BCUT2D eigenvalue weighted by Gasteiger charge is -2.09. The van der Waals surface area contributed by atoms with Crippen LogP contribution in [0.15, 0.2) is 17.5 Å². The Morgan fingerprint density at radius 2 is 2.35 bits per heavy atom. The summed E-state index contributed by atoms with van der Waals surface area (Å²) in [7, 11) is 4.06. The Morgan fingerprint density at radius 1 is 1.53 bits per heavy atom. The second kappa shape index (κ2) is 5.33. The first-order valence-corrected chi connectivity index (χ1v) is 6.54. The van der Waals surface area contributed by atoms with Crippen LogP contribution >= 0.6 is 11.3 Å². The van der Waals surface area contributed by atoms with Gasteiger partial charge >= 0.3 is 0 Å². The number of H-pyrrole nitrogens is 1. The molecular formula is C12H17N3OS. The zero-order chi connectivity index (χ0) is 12.3. The Labute approximate surface area is 105 Å². The second-order valence-corrected chi connectivity index (χ2v) is 5.24. The molecule has 17 heavy (non-hydrogen) atoms. The van der Waals surface area contributed by atoms with Crippen molar-refractivity contribution in [3.05, 3.63) is 23.2 Å². The van der Waals surface area contributed by atoms with E-state index in [0.29, 0.717) is 12.2 Å². The third kappa shape index (κ3) is 3.08. The molecule has 0 aromatic carbocycles. The molecule has 1 amide bonds. The van der Waals surface area contributed by atoms with Gasteiger partial charge in [0.15, 0.2) is 0 Å². The van der Waals surface area contributed by atoms with E-state index < -0.39 is 0 Å². The molecule has 2 rings (SSSR count). The van der Waals surface area contributed by atoms with Gasteiger partial charge in [0, 0.05) is 6.54 Å². The first-order valence-electron chi connectivity index (χ1n) is 5.66. The summed E-state index contributed by atoms with van der Waals surface area (Å²) in [5.41, 5.74) is 1.69. The predicted octanol–water partition coefficient (Wildman–Crippen LogP) is 1.91. The second-order valence-electron chi connectivity index (χ2n) is 4.29. The van der Waals surface area contributed by atoms with Crippen molar-refractivity contribution in [3.63, 3.8) is 0 Å². The number of rotatable bonds is 5. The molecule has 5 heteroatoms. The predicted molar refractivity (Wildman–Crippen MR) is 71.7 cm³/mol. The van der Waals surface area contributed by atoms with Crippen LogP contribution in [0.3, 0.4) is 0 Å². The maximum Gasteiger partial charge on any atom is 0.267 e. The third-order valence-electron chi connectivity index (χ3n) is 2.55. The molecule has 0 unspecified atom stereocenters. The van der Waals surface area contributed by atoms with E-state index in [2.05, 4.69) is 15.2 Å². The average Bonchev–Trinajstić information content (AvgIpc) is 2.83. The van der Waals surface area contributed by atoms with Crippen molar-refractivity contribution in [2.24, 2.45) is 0 Å². The van der Waals surface area contributed by atoms with Gasteiger partial charge < -0.3 is 15.2 Å². The number of aromatic amines is 1. The molecule has 2 N–H and O–H groups in total. The van der Waals surface area contributed by atoms with Gasteiger partial charge in [-0.1, -0.05) is 0 Å². The standard InChI is InChI=1S/C12H17N3OS/c1-15(2)6-3-5-13-12(16)10-8-11-9(14-10)4-7-17-11/h4,7-8,14H,3,5-6H2,1-2H3,(H,13,16). The molecule has 0 saturated carbocycles. The Kier molecular flexibility index (Phi) is 3.81. The van der Waals surface area contributed by atoms with Crippen molar-refractivity contribution in [2.75, 3.05) is 27.2 Å². The van der Waals surface area contributed by atoms with E-state index >= 15 is 0 Å². The van der Waals surface area contributed by atoms with Gasteiger partial charge in [0.1, 0.15) is 5.69 Å². The fraction of sp³-hybridized carbons (Fsp3) is 0.417. The highest BCUT2D eigenvalue weighted by Crippen LogP contribution is 2.20. The molecule has 2 heterocycles. The number of hydrogen-bond donors (Lipinski definition) is 2. The maximum atomic E-state index is 11.8. The molecule has 0 aliphatic heterocycles. The number of nitrogens with zero attached hydrogens (tertiary/aromatic N) is 1. The lowest BCUT2D eigenvalue weighted by molar-refractivity contribution is 0.0948. The lowest BCUT2D eigenvalue weighted by atomic mass is 10.3. The summed E-state index contributed by atoms with van der Waals surface area (Å²) in [6, 6.07) is 3.89. The Morgan fingerprint density at radius 3 is 3.06 bits per heavy atom. The highest BCUT2D eigenvalue weighted by atomic mass is 32.1. The van der Waals surface area contributed by atoms with E-state index in [9.17, 15) is 4.79 Å². The molecule has 0 saturated heterocycles. The molecule has 0 aliphatic rings. The average molecular weight is 251 g/mol. The smallest absolute Gasteiger partial charge is 0.267 e. The molecule has 2 aromatic rings. The monoisotopic (exact) mass is 251 g/mol. The summed E-state index contributed by atoms with van der Waals surface area (Å²) in [6.07, 6.45) is 0.966. The van der Waals surface area contributed by atoms with Crippen LogP contribution in [0.5, 0.6) is 0 Å². The summed E-state index contributed by atoms with van der Waals surface area (Å²) in [5.74, 6) is -0.0212. The van der Waals surface area contributed by atoms with E-state index in [1.807, 2.05) is 31.6 Å². The molecule has 4 nitrogen and oxygen atoms in total. The largest absolute Gasteiger partial charge is 0.351 e. The molecule has 0 atom stereocenters. The van der Waals surface area contributed by atoms with Crippen molar-refractivity contribution in [2.45, 2.75) is 6.42 Å². The number of carbonyl (C=O) groups is 1. The Bertz CT molecular complexity index is 472. The van der Waals surface area contributed by atoms with E-state index in [1.165, 1.54) is 0 Å². The highest BCUT2D eigenvalue weighted by molar-refractivity contribution is 7.17. The zero-order valence-corrected chi connectivity index (χ0v) is 10.9. The van der Waals surface area contributed by atoms with Crippen molar-refractivity contribution >= 4 is 27.5 Å². The summed E-state index contributed by atoms with van der Waals surface area (Å²) < 4.78 is 1.13. The van der Waals surface area contributed by atoms with Crippen LogP contribution in [0.2, 0.25) is 0 Å². The molecule has 2 aromatic heterocycles. The van der Waals surface area contributed by atoms with E-state index in [4.69, 9.17) is 0 Å². The number of nitrogens with one attached hydrogen (secondary N) is 2. The first kappa shape index (κ1) is 12.1. The van der Waals surface area contributed by atoms with Crippen LogP contribution in [-0.2, 0) is 0 Å². The molecule has 0 fully saturated rings. The first-order chi connectivity index (χ1) is 8.16. The fourth-order valence-electron chi connectivity index (χ4n) is 1.66. The number of thiophene rings is 1. The topological polar surface area (TPSA) is 48.1 Å². The number of carbonyl (C=O) groups excluding carboxylic acids is 1. The van der Waals surface area contributed by atoms with E-state index in [0.717, 1.165) is 23.2 Å². The lowest BCUT2D eigenvalue weighted by Crippen LogP contribution is -2.27. The summed E-state index contributed by atoms with van der Waals surface area (Å²) in [6.45, 7) is 1.70. The van der Waals surface area contributed by atoms with Crippen molar-refractivity contribution < 1.29 is 4.79 Å². The minimum Gasteiger partial charge on any atom is -0.351 e. The van der Waals surface area contributed by atoms with E-state index in [1.54, 1.807) is 11.3 Å². The maximum absolute atomic E-state index is 11.8. The van der Waals surface area contributed by atoms with Gasteiger partial charge in [0.05, 0.1) is 10.2 Å². The minimum absolute atomic E-state index is 0.0212. The van der Waals surface area contributed by atoms with Crippen LogP contribution in [0.1, 0.15) is 16.9 Å². The molecule has 0 bridgehead atoms. The summed E-state index contributed by atoms with van der Waals surface area (Å²) in [5, 5.41) is 4.93. The van der Waals surface area contributed by atoms with Crippen LogP contribution in [0, 0.1) is 0 Å². The summed E-state index contributed by atoms with van der Waals surface area (Å²) >= 11 is 1.64. The number of hydrogen-bond acceptors (Lipinski definition) is 3. The van der Waals surface area contributed by atoms with Crippen molar-refractivity contribution in [1.29, 1.82) is 0 Å². The zero-order valence-electron chi connectivity index (χ0n) is 10.1. The van der Waals surface area contributed by atoms with E-state index in [-0.39, 0.29) is 5.91 Å². The molecule has 0 radical (unpaired) electrons. The molecule has 92 valence electrons. The SMILES string of the molecule is CN(C)CCCNC(=O)c1cc2sccc2[nH]1. The third-order valence-corrected chi connectivity index (χ3v) is 3.42. The fourth-order valence-corrected chi connectivity index (χ4v) is 2.45. The van der Waals surface area contributed by atoms with Gasteiger partial charge in [-0.3, -0.25) is 4.79 Å². The number of fused-ring (bicyclic) bond motifs is 1. The minimum atomic E-state index is -0.0212. The normalized spacial score (nSPS) is 11.2. The van der Waals surface area contributed by atoms with Gasteiger partial charge in [-0.05, 0) is 44.6 Å². The van der Waals surface area contributed by atoms with Gasteiger partial charge in [-0.2, -0.15) is 0 Å². The molecular weight excluding hydrogens is 234 g/mol. The van der Waals surface area contributed by atoms with Gasteiger partial charge in [-0.25, -0.2) is 0 Å². The van der Waals surface area contributed by atoms with Gasteiger partial charge in [-0.15, -0.1) is 11.3 Å². The number of amides is 1. The van der Waals surface area contributed by atoms with Crippen LogP contribution in [0.4, 0.5) is 0 Å². The Balaban J connectivity index is 1.85. The number of aromatic nitrogens is 1. The summed E-state index contributed by atoms with van der Waals surface area (Å²) in [4.78, 5) is 17.0. The van der Waals surface area contributed by atoms with Crippen LogP contribution < -0.4 is 5.32 Å².